The summed E-state index contributed by atoms with van der Waals surface area (Å²) in [5.74, 6) is 3.29. The number of aromatic nitrogens is 5. The van der Waals surface area contributed by atoms with Gasteiger partial charge in [-0.1, -0.05) is 42.9 Å². The van der Waals surface area contributed by atoms with Gasteiger partial charge >= 0.3 is 6.01 Å². The highest BCUT2D eigenvalue weighted by molar-refractivity contribution is 5.95. The van der Waals surface area contributed by atoms with E-state index in [9.17, 15) is 15.3 Å². The number of ether oxygens (including phenoxy) is 3. The van der Waals surface area contributed by atoms with Gasteiger partial charge in [0.25, 0.3) is 0 Å². The Labute approximate surface area is 380 Å². The van der Waals surface area contributed by atoms with Crippen molar-refractivity contribution in [3.05, 3.63) is 107 Å². The molecule has 0 aliphatic carbocycles. The predicted molar refractivity (Wildman–Crippen MR) is 254 cm³/mol. The summed E-state index contributed by atoms with van der Waals surface area (Å²) >= 11 is 0. The Morgan fingerprint density at radius 1 is 0.815 bits per heavy atom. The molecule has 0 bridgehead atoms. The molecule has 16 heteroatoms. The average Bonchev–Trinajstić information content (AvgIpc) is 3.69. The molecular formula is C49H60N10O6. The molecule has 342 valence electrons. The van der Waals surface area contributed by atoms with Crippen molar-refractivity contribution >= 4 is 28.2 Å². The van der Waals surface area contributed by atoms with Crippen LogP contribution in [0.3, 0.4) is 0 Å². The van der Waals surface area contributed by atoms with Crippen LogP contribution in [-0.4, -0.2) is 131 Å². The molecule has 4 heterocycles. The number of phenols is 2. The first-order chi connectivity index (χ1) is 31.6. The van der Waals surface area contributed by atoms with E-state index in [-0.39, 0.29) is 17.5 Å². The first kappa shape index (κ1) is 45.0. The normalized spacial score (nSPS) is 14.1. The fourth-order valence-electron chi connectivity index (χ4n) is 8.41. The summed E-state index contributed by atoms with van der Waals surface area (Å²) in [6.45, 7) is 16.8. The Morgan fingerprint density at radius 2 is 1.58 bits per heavy atom. The van der Waals surface area contributed by atoms with Gasteiger partial charge in [0.15, 0.2) is 5.82 Å². The van der Waals surface area contributed by atoms with E-state index in [0.717, 1.165) is 89.5 Å². The monoisotopic (exact) mass is 884 g/mol. The Balaban J connectivity index is 0.741. The van der Waals surface area contributed by atoms with Gasteiger partial charge < -0.3 is 54.9 Å². The second-order valence-electron chi connectivity index (χ2n) is 16.5. The summed E-state index contributed by atoms with van der Waals surface area (Å²) in [6.07, 6.45) is 2.18. The van der Waals surface area contributed by atoms with Crippen LogP contribution in [0.1, 0.15) is 35.7 Å². The van der Waals surface area contributed by atoms with Gasteiger partial charge in [0, 0.05) is 86.2 Å². The minimum Gasteiger partial charge on any atom is -0.508 e. The number of fused-ring (bicyclic) bond motifs is 2. The number of nitrogens with zero attached hydrogens (tertiary/aromatic N) is 8. The fraction of sp³-hybridized carbons (Fsp3) is 0.388. The molecule has 2 aromatic heterocycles. The van der Waals surface area contributed by atoms with Crippen molar-refractivity contribution in [3.63, 3.8) is 0 Å². The number of aryl methyl sites for hydroxylation is 2. The molecule has 65 heavy (non-hydrogen) atoms. The molecular weight excluding hydrogens is 825 g/mol. The van der Waals surface area contributed by atoms with Crippen molar-refractivity contribution in [1.29, 1.82) is 0 Å². The molecule has 8 rings (SSSR count). The highest BCUT2D eigenvalue weighted by atomic mass is 16.5. The number of phenolic OH excluding ortho intramolecular Hbond substituents is 2. The van der Waals surface area contributed by atoms with Gasteiger partial charge in [-0.25, -0.2) is 9.55 Å². The Hall–Kier alpha value is -6.62. The van der Waals surface area contributed by atoms with Gasteiger partial charge in [0.05, 0.1) is 44.4 Å². The maximum Gasteiger partial charge on any atom is 0.319 e. The molecule has 1 fully saturated rings. The topological polar surface area (TPSA) is 179 Å². The lowest BCUT2D eigenvalue weighted by Crippen LogP contribution is -2.46. The first-order valence-electron chi connectivity index (χ1n) is 22.5. The van der Waals surface area contributed by atoms with Crippen LogP contribution in [0.2, 0.25) is 0 Å². The quantitative estimate of drug-likeness (QED) is 0.0548. The van der Waals surface area contributed by atoms with E-state index in [4.69, 9.17) is 24.2 Å². The minimum absolute atomic E-state index is 0.231. The highest BCUT2D eigenvalue weighted by Gasteiger charge is 2.28. The maximum atomic E-state index is 10.6. The molecule has 0 amide bonds. The number of nitrogens with one attached hydrogen (secondary N) is 2. The van der Waals surface area contributed by atoms with Crippen LogP contribution in [0.4, 0.5) is 17.5 Å². The Morgan fingerprint density at radius 3 is 2.38 bits per heavy atom. The summed E-state index contributed by atoms with van der Waals surface area (Å²) < 4.78 is 18.9. The van der Waals surface area contributed by atoms with Crippen LogP contribution < -0.4 is 25.2 Å². The molecule has 0 atom stereocenters. The number of benzene rings is 4. The van der Waals surface area contributed by atoms with E-state index < -0.39 is 0 Å². The first-order valence-corrected chi connectivity index (χ1v) is 22.5. The van der Waals surface area contributed by atoms with Crippen LogP contribution in [0, 0.1) is 6.92 Å². The molecule has 0 saturated carbocycles. The van der Waals surface area contributed by atoms with Crippen molar-refractivity contribution in [3.8, 4) is 40.3 Å². The number of anilines is 3. The van der Waals surface area contributed by atoms with E-state index in [1.165, 1.54) is 5.56 Å². The second kappa shape index (κ2) is 20.9. The second-order valence-corrected chi connectivity index (χ2v) is 16.5. The van der Waals surface area contributed by atoms with E-state index in [1.54, 1.807) is 10.6 Å². The zero-order valence-electron chi connectivity index (χ0n) is 37.6. The third kappa shape index (κ3) is 10.8. The van der Waals surface area contributed by atoms with Crippen LogP contribution in [0.25, 0.3) is 27.8 Å². The Kier molecular flexibility index (Phi) is 14.5. The molecule has 6 aromatic rings. The van der Waals surface area contributed by atoms with Crippen molar-refractivity contribution in [2.75, 3.05) is 101 Å². The lowest BCUT2D eigenvalue weighted by Gasteiger charge is -2.37. The lowest BCUT2D eigenvalue weighted by atomic mass is 10.0. The largest absolute Gasteiger partial charge is 0.508 e. The van der Waals surface area contributed by atoms with Crippen molar-refractivity contribution in [1.82, 2.24) is 34.9 Å². The average molecular weight is 885 g/mol. The van der Waals surface area contributed by atoms with E-state index >= 15 is 0 Å². The number of aromatic hydroxyl groups is 3. The molecule has 16 nitrogen and oxygen atoms in total. The summed E-state index contributed by atoms with van der Waals surface area (Å²) in [4.78, 5) is 17.2. The third-order valence-electron chi connectivity index (χ3n) is 12.0. The van der Waals surface area contributed by atoms with Crippen LogP contribution in [0.15, 0.2) is 85.1 Å². The number of likely N-dealkylation sites (N-methyl/N-ethyl adjacent to an activating group) is 1. The summed E-state index contributed by atoms with van der Waals surface area (Å²) in [5, 5.41) is 48.5. The molecule has 5 N–H and O–H groups in total. The zero-order chi connectivity index (χ0) is 45.3. The standard InChI is InChI=1S/C49H60N10O6/c1-5-35-30-42(33(2)28-45(35)61)47-54-55-49(62)59(47)37-10-12-39(13-11-37)65-27-26-64-25-24-63-23-17-50-34(3)14-16-51-48-52-43-32-58(44-31-38(60)29-36-8-6-7-9-40(36)44)18-15-41(43)46(53-48)57-21-19-56(4)20-22-57/h6-13,28-31,50,60-61H,3,5,14-27,32H2,1-2,4H3,(H,55,62)(H,51,52,53). The van der Waals surface area contributed by atoms with Gasteiger partial charge in [-0.3, -0.25) is 0 Å². The van der Waals surface area contributed by atoms with Gasteiger partial charge in [-0.15, -0.1) is 5.10 Å². The molecule has 2 aliphatic rings. The number of hydrogen-bond acceptors (Lipinski definition) is 15. The van der Waals surface area contributed by atoms with Gasteiger partial charge in [-0.05, 0) is 85.8 Å². The maximum absolute atomic E-state index is 10.6. The number of piperazine rings is 1. The number of hydrogen-bond donors (Lipinski definition) is 5. The zero-order valence-corrected chi connectivity index (χ0v) is 37.6. The summed E-state index contributed by atoms with van der Waals surface area (Å²) in [7, 11) is 2.16. The molecule has 1 saturated heterocycles. The van der Waals surface area contributed by atoms with Crippen LogP contribution >= 0.6 is 0 Å². The molecule has 0 radical (unpaired) electrons. The summed E-state index contributed by atoms with van der Waals surface area (Å²) in [6, 6.07) is 22.5. The highest BCUT2D eigenvalue weighted by Crippen LogP contribution is 2.37. The predicted octanol–water partition coefficient (Wildman–Crippen LogP) is 6.20. The minimum atomic E-state index is -0.231. The molecule has 2 aliphatic heterocycles. The molecule has 0 unspecified atom stereocenters. The van der Waals surface area contributed by atoms with Crippen LogP contribution in [-0.2, 0) is 28.9 Å². The van der Waals surface area contributed by atoms with Gasteiger partial charge in [0.2, 0.25) is 5.95 Å². The molecule has 0 spiro atoms. The SMILES string of the molecule is C=C(CCNc1nc2c(c(N3CCN(C)CC3)n1)CCN(c1cc(O)cc3ccccc13)C2)NCCOCCOCCOc1ccc(-n2c(O)nnc2-c2cc(CC)c(O)cc2C)cc1. The molecule has 4 aromatic carbocycles. The van der Waals surface area contributed by atoms with Crippen molar-refractivity contribution < 1.29 is 29.5 Å². The Bertz CT molecular complexity index is 2580. The van der Waals surface area contributed by atoms with E-state index in [1.807, 2.05) is 74.5 Å². The van der Waals surface area contributed by atoms with Gasteiger partial charge in [-0.2, -0.15) is 4.98 Å². The van der Waals surface area contributed by atoms with E-state index in [2.05, 4.69) is 55.2 Å². The van der Waals surface area contributed by atoms with Crippen LogP contribution in [0.5, 0.6) is 23.3 Å². The van der Waals surface area contributed by atoms with Gasteiger partial charge in [0.1, 0.15) is 29.7 Å². The lowest BCUT2D eigenvalue weighted by molar-refractivity contribution is 0.0377. The van der Waals surface area contributed by atoms with E-state index in [0.29, 0.717) is 88.7 Å². The fourth-order valence-corrected chi connectivity index (χ4v) is 8.41. The smallest absolute Gasteiger partial charge is 0.319 e. The summed E-state index contributed by atoms with van der Waals surface area (Å²) in [5.41, 5.74) is 7.21. The van der Waals surface area contributed by atoms with Crippen molar-refractivity contribution in [2.45, 2.75) is 39.7 Å². The third-order valence-corrected chi connectivity index (χ3v) is 12.0. The number of rotatable bonds is 20. The van der Waals surface area contributed by atoms with Crippen molar-refractivity contribution in [2.24, 2.45) is 0 Å².